The smallest absolute Gasteiger partial charge is 0.332 e. The first-order valence-corrected chi connectivity index (χ1v) is 11.7. The molecule has 12 heteroatoms. The Hall–Kier alpha value is -2.83. The van der Waals surface area contributed by atoms with Crippen molar-refractivity contribution in [3.63, 3.8) is 0 Å². The summed E-state index contributed by atoms with van der Waals surface area (Å²) >= 11 is 0. The van der Waals surface area contributed by atoms with E-state index in [1.807, 2.05) is 13.8 Å². The van der Waals surface area contributed by atoms with Gasteiger partial charge in [0, 0.05) is 52.2 Å². The molecule has 2 aromatic rings. The van der Waals surface area contributed by atoms with Crippen molar-refractivity contribution in [3.8, 4) is 0 Å². The van der Waals surface area contributed by atoms with Crippen LogP contribution >= 0.6 is 0 Å². The molecular weight excluding hydrogens is 436 g/mol. The molecule has 0 radical (unpaired) electrons. The number of nitrogen functional groups attached to an aromatic ring is 1. The van der Waals surface area contributed by atoms with Crippen molar-refractivity contribution in [2.24, 2.45) is 13.0 Å². The third-order valence-electron chi connectivity index (χ3n) is 5.38. The molecule has 1 aliphatic rings. The van der Waals surface area contributed by atoms with Crippen molar-refractivity contribution in [1.29, 1.82) is 0 Å². The van der Waals surface area contributed by atoms with Gasteiger partial charge in [0.05, 0.1) is 6.54 Å². The fourth-order valence-corrected chi connectivity index (χ4v) is 5.03. The number of Topliss-reactive ketones (excluding diaryl/α,β-unsaturated/α-hetero) is 1. The summed E-state index contributed by atoms with van der Waals surface area (Å²) in [7, 11) is -2.34. The lowest BCUT2D eigenvalue weighted by Gasteiger charge is -2.33. The van der Waals surface area contributed by atoms with Crippen LogP contribution in [0.5, 0.6) is 0 Å². The Balaban J connectivity index is 1.75. The van der Waals surface area contributed by atoms with E-state index in [2.05, 4.69) is 4.98 Å². The van der Waals surface area contributed by atoms with Crippen LogP contribution in [-0.4, -0.2) is 70.2 Å². The molecule has 174 valence electrons. The van der Waals surface area contributed by atoms with E-state index in [9.17, 15) is 22.8 Å². The third kappa shape index (κ3) is 4.66. The quantitative estimate of drug-likeness (QED) is 0.534. The Morgan fingerprint density at radius 1 is 1.19 bits per heavy atom. The van der Waals surface area contributed by atoms with Crippen molar-refractivity contribution >= 4 is 21.6 Å². The first kappa shape index (κ1) is 23.8. The second-order valence-corrected chi connectivity index (χ2v) is 10.1. The molecule has 0 amide bonds. The molecule has 0 aromatic carbocycles. The van der Waals surface area contributed by atoms with Crippen molar-refractivity contribution in [3.05, 3.63) is 50.9 Å². The largest absolute Gasteiger partial charge is 0.384 e. The zero-order valence-electron chi connectivity index (χ0n) is 18.4. The van der Waals surface area contributed by atoms with Gasteiger partial charge in [0.15, 0.2) is 5.78 Å². The van der Waals surface area contributed by atoms with E-state index in [4.69, 9.17) is 5.73 Å². The minimum Gasteiger partial charge on any atom is -0.384 e. The average molecular weight is 465 g/mol. The lowest BCUT2D eigenvalue weighted by atomic mass is 10.1. The van der Waals surface area contributed by atoms with Crippen LogP contribution in [0, 0.1) is 5.92 Å². The van der Waals surface area contributed by atoms with E-state index in [-0.39, 0.29) is 48.4 Å². The van der Waals surface area contributed by atoms with Gasteiger partial charge in [-0.2, -0.15) is 4.31 Å². The molecule has 3 heterocycles. The Labute approximate surface area is 186 Å². The van der Waals surface area contributed by atoms with Gasteiger partial charge < -0.3 is 5.73 Å². The highest BCUT2D eigenvalue weighted by Gasteiger charge is 2.30. The number of carbonyl (C=O) groups excluding carboxylic acids is 1. The topological polar surface area (TPSA) is 141 Å². The lowest BCUT2D eigenvalue weighted by Crippen LogP contribution is -2.50. The van der Waals surface area contributed by atoms with Gasteiger partial charge in [0.2, 0.25) is 10.0 Å². The summed E-state index contributed by atoms with van der Waals surface area (Å²) in [5, 5.41) is 0. The van der Waals surface area contributed by atoms with Gasteiger partial charge in [0.1, 0.15) is 16.3 Å². The van der Waals surface area contributed by atoms with Gasteiger partial charge in [-0.05, 0) is 18.1 Å². The number of nitrogens with zero attached hydrogens (tertiary/aromatic N) is 5. The summed E-state index contributed by atoms with van der Waals surface area (Å²) in [6.45, 7) is 5.02. The van der Waals surface area contributed by atoms with Gasteiger partial charge >= 0.3 is 5.69 Å². The molecule has 1 fully saturated rings. The zero-order valence-corrected chi connectivity index (χ0v) is 19.2. The molecule has 2 aromatic heterocycles. The van der Waals surface area contributed by atoms with Crippen LogP contribution in [0.1, 0.15) is 24.2 Å². The number of rotatable bonds is 7. The number of carbonyl (C=O) groups is 1. The summed E-state index contributed by atoms with van der Waals surface area (Å²) in [6, 6.07) is 3.05. The van der Waals surface area contributed by atoms with E-state index in [1.54, 1.807) is 11.0 Å². The van der Waals surface area contributed by atoms with Crippen molar-refractivity contribution in [1.82, 2.24) is 23.3 Å². The molecule has 0 aliphatic carbocycles. The minimum atomic E-state index is -3.66. The fraction of sp³-hybridized carbons (Fsp3) is 0.500. The van der Waals surface area contributed by atoms with E-state index in [1.165, 1.54) is 34.4 Å². The summed E-state index contributed by atoms with van der Waals surface area (Å²) in [5.41, 5.74) is 4.57. The molecule has 0 spiro atoms. The highest BCUT2D eigenvalue weighted by Crippen LogP contribution is 2.17. The number of aromatic nitrogens is 3. The lowest BCUT2D eigenvalue weighted by molar-refractivity contribution is 0.0899. The van der Waals surface area contributed by atoms with Gasteiger partial charge in [-0.15, -0.1) is 0 Å². The second-order valence-electron chi connectivity index (χ2n) is 8.20. The molecule has 0 atom stereocenters. The molecule has 32 heavy (non-hydrogen) atoms. The number of hydrogen-bond acceptors (Lipinski definition) is 8. The molecular formula is C20H28N6O5S. The van der Waals surface area contributed by atoms with Gasteiger partial charge in [0.25, 0.3) is 5.56 Å². The van der Waals surface area contributed by atoms with Crippen LogP contribution in [0.2, 0.25) is 0 Å². The number of pyridine rings is 1. The van der Waals surface area contributed by atoms with Crippen LogP contribution in [0.25, 0.3) is 0 Å². The Morgan fingerprint density at radius 2 is 1.84 bits per heavy atom. The first-order valence-electron chi connectivity index (χ1n) is 10.3. The van der Waals surface area contributed by atoms with Gasteiger partial charge in [-0.25, -0.2) is 13.2 Å². The van der Waals surface area contributed by atoms with E-state index < -0.39 is 27.1 Å². The Morgan fingerprint density at radius 3 is 2.41 bits per heavy atom. The fourth-order valence-electron chi connectivity index (χ4n) is 3.65. The van der Waals surface area contributed by atoms with Crippen LogP contribution in [0.4, 0.5) is 5.82 Å². The maximum absolute atomic E-state index is 13.0. The number of ketones is 1. The van der Waals surface area contributed by atoms with Crippen molar-refractivity contribution < 1.29 is 13.2 Å². The maximum atomic E-state index is 13.0. The van der Waals surface area contributed by atoms with Crippen LogP contribution in [0.3, 0.4) is 0 Å². The molecule has 0 saturated carbocycles. The predicted octanol–water partition coefficient (Wildman–Crippen LogP) is -0.631. The SMILES string of the molecule is CC(C)Cn1c(N)c(C(=O)CN2CCN(S(=O)(=O)c3cccnc3)CC2)c(=O)n(C)c1=O. The Bertz CT molecular complexity index is 1210. The van der Waals surface area contributed by atoms with Crippen LogP contribution in [-0.2, 0) is 23.6 Å². The second kappa shape index (κ2) is 9.35. The highest BCUT2D eigenvalue weighted by molar-refractivity contribution is 7.89. The normalized spacial score (nSPS) is 15.9. The van der Waals surface area contributed by atoms with E-state index >= 15 is 0 Å². The van der Waals surface area contributed by atoms with Gasteiger partial charge in [-0.1, -0.05) is 13.8 Å². The highest BCUT2D eigenvalue weighted by atomic mass is 32.2. The number of piperazine rings is 1. The van der Waals surface area contributed by atoms with Crippen LogP contribution < -0.4 is 17.0 Å². The summed E-state index contributed by atoms with van der Waals surface area (Å²) in [4.78, 5) is 43.7. The number of nitrogens with two attached hydrogens (primary N) is 1. The minimum absolute atomic E-state index is 0.0882. The molecule has 0 bridgehead atoms. The molecule has 1 aliphatic heterocycles. The summed E-state index contributed by atoms with van der Waals surface area (Å²) < 4.78 is 28.9. The number of anilines is 1. The van der Waals surface area contributed by atoms with E-state index in [0.717, 1.165) is 4.57 Å². The van der Waals surface area contributed by atoms with Crippen LogP contribution in [0.15, 0.2) is 39.0 Å². The molecule has 11 nitrogen and oxygen atoms in total. The summed E-state index contributed by atoms with van der Waals surface area (Å²) in [6.07, 6.45) is 2.80. The Kier molecular flexibility index (Phi) is 6.96. The molecule has 3 rings (SSSR count). The number of sulfonamides is 1. The maximum Gasteiger partial charge on any atom is 0.332 e. The molecule has 0 unspecified atom stereocenters. The number of hydrogen-bond donors (Lipinski definition) is 1. The third-order valence-corrected chi connectivity index (χ3v) is 7.26. The molecule has 1 saturated heterocycles. The zero-order chi connectivity index (χ0) is 23.6. The van der Waals surface area contributed by atoms with Crippen molar-refractivity contribution in [2.75, 3.05) is 38.5 Å². The first-order chi connectivity index (χ1) is 15.0. The standard InChI is InChI=1S/C20H28N6O5S/c1-14(2)12-26-18(21)17(19(28)23(3)20(26)29)16(27)13-24-7-9-25(10-8-24)32(30,31)15-5-4-6-22-11-15/h4-6,11,14H,7-10,12-13,21H2,1-3H3. The molecule has 2 N–H and O–H groups in total. The summed E-state index contributed by atoms with van der Waals surface area (Å²) in [5.74, 6) is -0.538. The predicted molar refractivity (Wildman–Crippen MR) is 119 cm³/mol. The van der Waals surface area contributed by atoms with Gasteiger partial charge in [-0.3, -0.25) is 28.6 Å². The van der Waals surface area contributed by atoms with E-state index in [0.29, 0.717) is 13.1 Å². The van der Waals surface area contributed by atoms with Crippen molar-refractivity contribution in [2.45, 2.75) is 25.3 Å². The average Bonchev–Trinajstić information content (AvgIpc) is 2.76. The monoisotopic (exact) mass is 464 g/mol.